The summed E-state index contributed by atoms with van der Waals surface area (Å²) in [4.78, 5) is 36.2. The average Bonchev–Trinajstić information content (AvgIpc) is 4.02. The monoisotopic (exact) mass is 1060 g/mol. The van der Waals surface area contributed by atoms with Crippen molar-refractivity contribution >= 4 is 35.5 Å². The zero-order valence-corrected chi connectivity index (χ0v) is 50.6. The fraction of sp³-hybridized carbons (Fsp3) is 0.833. The maximum atomic E-state index is 11.5. The Morgan fingerprint density at radius 1 is 0.545 bits per heavy atom. The number of nitriles is 1. The Morgan fingerprint density at radius 3 is 1.47 bits per heavy atom. The van der Waals surface area contributed by atoms with Gasteiger partial charge in [0.2, 0.25) is 0 Å². The Balaban J connectivity index is 0.000000182. The van der Waals surface area contributed by atoms with E-state index in [1.807, 2.05) is 6.21 Å². The normalized spacial score (nSPS) is 47.6. The Morgan fingerprint density at radius 2 is 1.01 bits per heavy atom. The van der Waals surface area contributed by atoms with Gasteiger partial charge in [-0.3, -0.25) is 9.59 Å². The van der Waals surface area contributed by atoms with Gasteiger partial charge in [-0.1, -0.05) is 104 Å². The molecule has 0 saturated heterocycles. The predicted octanol–water partition coefficient (Wildman–Crippen LogP) is 16.1. The summed E-state index contributed by atoms with van der Waals surface area (Å²) in [7, 11) is 0. The molecule has 10 aliphatic carbocycles. The van der Waals surface area contributed by atoms with Crippen LogP contribution in [0.15, 0.2) is 39.8 Å². The van der Waals surface area contributed by atoms with Crippen LogP contribution in [-0.2, 0) is 24.0 Å². The van der Waals surface area contributed by atoms with E-state index in [1.54, 1.807) is 0 Å². The third kappa shape index (κ3) is 8.87. The van der Waals surface area contributed by atoms with Gasteiger partial charge in [0, 0.05) is 37.0 Å². The molecule has 0 amide bonds. The summed E-state index contributed by atoms with van der Waals surface area (Å²) in [5, 5.41) is 41.7. The minimum absolute atomic E-state index is 0.0311. The molecule has 77 heavy (non-hydrogen) atoms. The molecule has 0 aliphatic heterocycles. The number of carbonyl (C=O) groups excluding carboxylic acids is 3. The molecular formula is C66H102N4O7. The number of hydrogen-bond donors (Lipinski definition) is 2. The van der Waals surface area contributed by atoms with Crippen LogP contribution >= 0.6 is 0 Å². The number of allylic oxidation sites excluding steroid dienone is 2. The minimum atomic E-state index is -0.562. The molecule has 0 heterocycles. The highest BCUT2D eigenvalue weighted by Crippen LogP contribution is 2.79. The van der Waals surface area contributed by atoms with Gasteiger partial charge >= 0.3 is 17.9 Å². The molecule has 10 fully saturated rings. The Bertz CT molecular complexity index is 2490. The van der Waals surface area contributed by atoms with Gasteiger partial charge in [0.25, 0.3) is 0 Å². The summed E-state index contributed by atoms with van der Waals surface area (Å²) in [6, 6.07) is 2.90. The summed E-state index contributed by atoms with van der Waals surface area (Å²) < 4.78 is 3.97. The van der Waals surface area contributed by atoms with E-state index < -0.39 is 11.9 Å². The Hall–Kier alpha value is -3.81. The minimum Gasteiger partial charge on any atom is -0.411 e. The molecule has 10 rings (SSSR count). The van der Waals surface area contributed by atoms with Crippen LogP contribution in [0.1, 0.15) is 232 Å². The molecule has 2 N–H and O–H groups in total. The first kappa shape index (κ1) is 59.3. The van der Waals surface area contributed by atoms with E-state index in [2.05, 4.69) is 123 Å². The van der Waals surface area contributed by atoms with E-state index in [4.69, 9.17) is 4.84 Å². The number of rotatable bonds is 4. The van der Waals surface area contributed by atoms with Crippen LogP contribution in [0.3, 0.4) is 0 Å². The van der Waals surface area contributed by atoms with Crippen molar-refractivity contribution in [1.29, 1.82) is 5.26 Å². The van der Waals surface area contributed by atoms with Crippen LogP contribution in [0.5, 0.6) is 0 Å². The van der Waals surface area contributed by atoms with E-state index in [0.29, 0.717) is 75.4 Å². The van der Waals surface area contributed by atoms with Crippen molar-refractivity contribution in [3.8, 4) is 6.07 Å². The largest absolute Gasteiger partial charge is 0.411 e. The first-order valence-corrected chi connectivity index (χ1v) is 30.4. The van der Waals surface area contributed by atoms with Gasteiger partial charge in [-0.25, -0.2) is 4.79 Å². The molecule has 0 spiro atoms. The second kappa shape index (κ2) is 20.3. The quantitative estimate of drug-likeness (QED) is 0.0533. The Kier molecular flexibility index (Phi) is 15.7. The molecule has 11 nitrogen and oxygen atoms in total. The molecule has 11 heteroatoms. The SMILES string of the molecule is C=C(C)[C@@H]1CC[C@]2(/C=N/O)CC[C@]3(C)C(CCC4[C@@]5(C)CC/C(=N\O)C(C)(C)C5CC[C@]43C)C12.C=C(C)[C@@H]1CC[C@]2(C#N)CC[C@]3(C)C(CCC4[C@@]5(C)CC/C(=N\OC(C)=O)C(C)(C)C5CC[C@]43C)C12.CC(=O)OC(C)=O. The van der Waals surface area contributed by atoms with Crippen molar-refractivity contribution in [3.05, 3.63) is 24.3 Å². The van der Waals surface area contributed by atoms with Crippen molar-refractivity contribution in [2.45, 2.75) is 232 Å². The van der Waals surface area contributed by atoms with Crippen LogP contribution in [0.4, 0.5) is 0 Å². The van der Waals surface area contributed by atoms with Crippen molar-refractivity contribution in [2.75, 3.05) is 0 Å². The summed E-state index contributed by atoms with van der Waals surface area (Å²) in [5.74, 6) is 4.43. The van der Waals surface area contributed by atoms with Crippen LogP contribution in [0.2, 0.25) is 0 Å². The lowest BCUT2D eigenvalue weighted by Gasteiger charge is -2.72. The highest BCUT2D eigenvalue weighted by Gasteiger charge is 2.73. The van der Waals surface area contributed by atoms with Crippen LogP contribution in [0, 0.1) is 125 Å². The van der Waals surface area contributed by atoms with Gasteiger partial charge in [-0.2, -0.15) is 5.26 Å². The maximum absolute atomic E-state index is 11.5. The first-order valence-electron chi connectivity index (χ1n) is 30.4. The van der Waals surface area contributed by atoms with Crippen molar-refractivity contribution in [2.24, 2.45) is 129 Å². The van der Waals surface area contributed by atoms with Crippen LogP contribution in [-0.4, -0.2) is 46.0 Å². The number of carbonyl (C=O) groups is 3. The number of esters is 2. The maximum Gasteiger partial charge on any atom is 0.331 e. The molecule has 0 radical (unpaired) electrons. The molecule has 428 valence electrons. The van der Waals surface area contributed by atoms with Crippen molar-refractivity contribution < 1.29 is 34.4 Å². The molecule has 10 saturated carbocycles. The zero-order chi connectivity index (χ0) is 56.9. The van der Waals surface area contributed by atoms with Gasteiger partial charge in [0.1, 0.15) is 0 Å². The highest BCUT2D eigenvalue weighted by molar-refractivity contribution is 5.91. The summed E-state index contributed by atoms with van der Waals surface area (Å²) in [5.41, 5.74) is 6.24. The molecule has 0 aromatic rings. The number of hydrogen-bond acceptors (Lipinski definition) is 11. The number of ether oxygens (including phenoxy) is 1. The lowest BCUT2D eigenvalue weighted by atomic mass is 9.32. The molecule has 0 aromatic heterocycles. The number of nitrogens with zero attached hydrogens (tertiary/aromatic N) is 4. The van der Waals surface area contributed by atoms with Gasteiger partial charge in [-0.15, -0.1) is 5.16 Å². The smallest absolute Gasteiger partial charge is 0.331 e. The third-order valence-corrected chi connectivity index (χ3v) is 27.0. The first-order chi connectivity index (χ1) is 35.8. The standard InChI is InChI=1S/C32H48N2O2.C30H48N2O2.C4H6O3/c1-20(2)22-11-16-32(19-33)18-17-30(7)23(27(22)32)9-10-25-29(6)14-13-26(34-36-21(3)35)28(4,5)24(29)12-15-31(25,30)8;1-19(2)20-10-15-30(18-31-33)17-16-28(6)21(25(20)30)8-9-23-27(5)13-12-24(32-34)26(3,4)22(27)11-14-29(23,28)7;1-3(5)7-4(2)6/h22-25,27H,1,9-18H2,2-8H3;18,20-23,25,33-34H,1,8-17H2,2-7H3;1-2H3/b34-26+;31-18+,32-24+;/t22-,23?,24?,25?,27?,29-,30+,31+,32+;20-,21?,22?,23?,25?,27-,28+,29+,30+;/m00./s1. The van der Waals surface area contributed by atoms with Gasteiger partial charge in [0.15, 0.2) is 0 Å². The van der Waals surface area contributed by atoms with Gasteiger partial charge in [0.05, 0.1) is 29.1 Å². The summed E-state index contributed by atoms with van der Waals surface area (Å²) in [6.07, 6.45) is 25.3. The molecule has 10 aliphatic rings. The van der Waals surface area contributed by atoms with E-state index in [0.717, 1.165) is 69.2 Å². The van der Waals surface area contributed by atoms with Crippen molar-refractivity contribution in [3.63, 3.8) is 0 Å². The second-order valence-corrected chi connectivity index (χ2v) is 30.3. The van der Waals surface area contributed by atoms with E-state index >= 15 is 0 Å². The molecule has 18 atom stereocenters. The molecular weight excluding hydrogens is 961 g/mol. The van der Waals surface area contributed by atoms with E-state index in [1.165, 1.54) is 103 Å². The topological polar surface area (TPSA) is 171 Å². The molecule has 0 bridgehead atoms. The summed E-state index contributed by atoms with van der Waals surface area (Å²) in [6.45, 7) is 42.2. The fourth-order valence-corrected chi connectivity index (χ4v) is 23.2. The van der Waals surface area contributed by atoms with E-state index in [-0.39, 0.29) is 43.9 Å². The van der Waals surface area contributed by atoms with Crippen molar-refractivity contribution in [1.82, 2.24) is 0 Å². The van der Waals surface area contributed by atoms with Crippen LogP contribution in [0.25, 0.3) is 0 Å². The lowest BCUT2D eigenvalue weighted by molar-refractivity contribution is -0.223. The second-order valence-electron chi connectivity index (χ2n) is 30.3. The van der Waals surface area contributed by atoms with Gasteiger partial charge in [-0.05, 0) is 234 Å². The number of oxime groups is 3. The van der Waals surface area contributed by atoms with E-state index in [9.17, 15) is 30.1 Å². The fourth-order valence-electron chi connectivity index (χ4n) is 23.2. The molecule has 8 unspecified atom stereocenters. The van der Waals surface area contributed by atoms with Crippen LogP contribution < -0.4 is 0 Å². The Labute approximate surface area is 464 Å². The lowest BCUT2D eigenvalue weighted by Crippen LogP contribution is -2.66. The predicted molar refractivity (Wildman–Crippen MR) is 305 cm³/mol. The zero-order valence-electron chi connectivity index (χ0n) is 50.6. The summed E-state index contributed by atoms with van der Waals surface area (Å²) >= 11 is 0. The third-order valence-electron chi connectivity index (χ3n) is 27.0. The average molecular weight is 1060 g/mol. The number of fused-ring (bicyclic) bond motifs is 14. The molecule has 0 aromatic carbocycles. The van der Waals surface area contributed by atoms with Gasteiger partial charge < -0.3 is 20.0 Å². The highest BCUT2D eigenvalue weighted by atomic mass is 16.7.